The van der Waals surface area contributed by atoms with E-state index in [4.69, 9.17) is 4.74 Å². The Morgan fingerprint density at radius 1 is 1.11 bits per heavy atom. The van der Waals surface area contributed by atoms with Crippen LogP contribution < -0.4 is 4.74 Å². The molecule has 0 unspecified atom stereocenters. The van der Waals surface area contributed by atoms with Gasteiger partial charge in [0.25, 0.3) is 0 Å². The van der Waals surface area contributed by atoms with E-state index >= 15 is 0 Å². The maximum Gasteiger partial charge on any atom is 0.131 e. The molecule has 0 atom stereocenters. The molecule has 3 rings (SSSR count). The standard InChI is InChI=1S/C16H13BrO2/c17-13-6-7-14-15(9-13)19-10-12(16(14)18)8-11-4-2-1-3-5-11/h1-7,9,18H,8,10H2. The van der Waals surface area contributed by atoms with E-state index in [1.807, 2.05) is 36.4 Å². The lowest BCUT2D eigenvalue weighted by atomic mass is 9.99. The summed E-state index contributed by atoms with van der Waals surface area (Å²) in [6.07, 6.45) is 0.710. The zero-order chi connectivity index (χ0) is 13.2. The van der Waals surface area contributed by atoms with Crippen molar-refractivity contribution in [1.82, 2.24) is 0 Å². The summed E-state index contributed by atoms with van der Waals surface area (Å²) in [4.78, 5) is 0. The minimum absolute atomic E-state index is 0.345. The Hall–Kier alpha value is -1.74. The van der Waals surface area contributed by atoms with Gasteiger partial charge in [-0.2, -0.15) is 0 Å². The molecule has 0 aliphatic carbocycles. The van der Waals surface area contributed by atoms with Crippen molar-refractivity contribution in [3.05, 3.63) is 69.7 Å². The summed E-state index contributed by atoms with van der Waals surface area (Å²) < 4.78 is 6.66. The lowest BCUT2D eigenvalue weighted by molar-refractivity contribution is 0.329. The molecular weight excluding hydrogens is 304 g/mol. The quantitative estimate of drug-likeness (QED) is 0.892. The normalized spacial score (nSPS) is 13.9. The molecule has 0 saturated carbocycles. The van der Waals surface area contributed by atoms with Crippen molar-refractivity contribution < 1.29 is 9.84 Å². The Balaban J connectivity index is 1.95. The smallest absolute Gasteiger partial charge is 0.131 e. The van der Waals surface area contributed by atoms with E-state index in [2.05, 4.69) is 28.1 Å². The van der Waals surface area contributed by atoms with E-state index in [0.29, 0.717) is 18.8 Å². The van der Waals surface area contributed by atoms with Gasteiger partial charge in [-0.3, -0.25) is 0 Å². The maximum absolute atomic E-state index is 10.4. The summed E-state index contributed by atoms with van der Waals surface area (Å²) in [6, 6.07) is 15.8. The van der Waals surface area contributed by atoms with Gasteiger partial charge in [-0.25, -0.2) is 0 Å². The first-order valence-electron chi connectivity index (χ1n) is 6.11. The third-order valence-corrected chi connectivity index (χ3v) is 3.69. The average Bonchev–Trinajstić information content (AvgIpc) is 2.43. The molecule has 0 saturated heterocycles. The molecular formula is C16H13BrO2. The molecule has 0 fully saturated rings. The predicted octanol–water partition coefficient (Wildman–Crippen LogP) is 4.35. The molecule has 1 N–H and O–H groups in total. The highest BCUT2D eigenvalue weighted by Crippen LogP contribution is 2.34. The van der Waals surface area contributed by atoms with Gasteiger partial charge in [0, 0.05) is 16.5 Å². The van der Waals surface area contributed by atoms with Crippen LogP contribution in [0.2, 0.25) is 0 Å². The summed E-state index contributed by atoms with van der Waals surface area (Å²) in [5, 5.41) is 10.4. The van der Waals surface area contributed by atoms with Gasteiger partial charge in [0.05, 0.1) is 5.56 Å². The first-order chi connectivity index (χ1) is 9.24. The van der Waals surface area contributed by atoms with Crippen molar-refractivity contribution >= 4 is 21.7 Å². The van der Waals surface area contributed by atoms with Gasteiger partial charge in [-0.15, -0.1) is 0 Å². The number of fused-ring (bicyclic) bond motifs is 1. The van der Waals surface area contributed by atoms with Gasteiger partial charge >= 0.3 is 0 Å². The number of aliphatic hydroxyl groups excluding tert-OH is 1. The molecule has 0 bridgehead atoms. The topological polar surface area (TPSA) is 29.5 Å². The van der Waals surface area contributed by atoms with Crippen LogP contribution in [0.5, 0.6) is 5.75 Å². The molecule has 1 heterocycles. The van der Waals surface area contributed by atoms with E-state index in [1.165, 1.54) is 5.56 Å². The highest BCUT2D eigenvalue weighted by molar-refractivity contribution is 9.10. The second-order valence-electron chi connectivity index (χ2n) is 4.54. The van der Waals surface area contributed by atoms with Gasteiger partial charge in [0.15, 0.2) is 0 Å². The molecule has 0 amide bonds. The van der Waals surface area contributed by atoms with Crippen LogP contribution >= 0.6 is 15.9 Å². The van der Waals surface area contributed by atoms with Crippen molar-refractivity contribution in [2.45, 2.75) is 6.42 Å². The van der Waals surface area contributed by atoms with Crippen LogP contribution in [0.1, 0.15) is 11.1 Å². The third-order valence-electron chi connectivity index (χ3n) is 3.20. The van der Waals surface area contributed by atoms with Crippen molar-refractivity contribution in [1.29, 1.82) is 0 Å². The summed E-state index contributed by atoms with van der Waals surface area (Å²) in [7, 11) is 0. The van der Waals surface area contributed by atoms with E-state index in [-0.39, 0.29) is 0 Å². The van der Waals surface area contributed by atoms with Crippen molar-refractivity contribution in [2.24, 2.45) is 0 Å². The van der Waals surface area contributed by atoms with Gasteiger partial charge in [0.1, 0.15) is 18.1 Å². The predicted molar refractivity (Wildman–Crippen MR) is 79.3 cm³/mol. The van der Waals surface area contributed by atoms with Gasteiger partial charge in [0.2, 0.25) is 0 Å². The molecule has 0 radical (unpaired) electrons. The van der Waals surface area contributed by atoms with Crippen LogP contribution in [0.3, 0.4) is 0 Å². The molecule has 3 heteroatoms. The lowest BCUT2D eigenvalue weighted by Crippen LogP contribution is -2.13. The van der Waals surface area contributed by atoms with E-state index in [0.717, 1.165) is 21.4 Å². The fourth-order valence-electron chi connectivity index (χ4n) is 2.21. The minimum atomic E-state index is 0.345. The fourth-order valence-corrected chi connectivity index (χ4v) is 2.55. The molecule has 0 aromatic heterocycles. The molecule has 1 aliphatic rings. The lowest BCUT2D eigenvalue weighted by Gasteiger charge is -2.21. The maximum atomic E-state index is 10.4. The summed E-state index contributed by atoms with van der Waals surface area (Å²) >= 11 is 3.40. The van der Waals surface area contributed by atoms with Crippen molar-refractivity contribution in [3.8, 4) is 5.75 Å². The first kappa shape index (κ1) is 12.3. The van der Waals surface area contributed by atoms with E-state index in [1.54, 1.807) is 0 Å². The zero-order valence-electron chi connectivity index (χ0n) is 10.3. The van der Waals surface area contributed by atoms with Gasteiger partial charge in [-0.05, 0) is 23.8 Å². The largest absolute Gasteiger partial charge is 0.507 e. The summed E-state index contributed by atoms with van der Waals surface area (Å²) in [5.41, 5.74) is 2.86. The first-order valence-corrected chi connectivity index (χ1v) is 6.91. The molecule has 2 aromatic rings. The average molecular weight is 317 g/mol. The van der Waals surface area contributed by atoms with Crippen molar-refractivity contribution in [2.75, 3.05) is 6.61 Å². The second-order valence-corrected chi connectivity index (χ2v) is 5.46. The van der Waals surface area contributed by atoms with Crippen LogP contribution in [0.15, 0.2) is 58.6 Å². The van der Waals surface area contributed by atoms with Gasteiger partial charge < -0.3 is 9.84 Å². The number of hydrogen-bond acceptors (Lipinski definition) is 2. The molecule has 2 nitrogen and oxygen atoms in total. The number of rotatable bonds is 2. The molecule has 2 aromatic carbocycles. The van der Waals surface area contributed by atoms with E-state index < -0.39 is 0 Å². The SMILES string of the molecule is OC1=C(Cc2ccccc2)COc2cc(Br)ccc21. The number of benzene rings is 2. The van der Waals surface area contributed by atoms with E-state index in [9.17, 15) is 5.11 Å². The minimum Gasteiger partial charge on any atom is -0.507 e. The highest BCUT2D eigenvalue weighted by atomic mass is 79.9. The second kappa shape index (κ2) is 5.10. The zero-order valence-corrected chi connectivity index (χ0v) is 11.9. The monoisotopic (exact) mass is 316 g/mol. The van der Waals surface area contributed by atoms with Crippen LogP contribution in [-0.4, -0.2) is 11.7 Å². The van der Waals surface area contributed by atoms with Crippen LogP contribution in [0.25, 0.3) is 5.76 Å². The number of aliphatic hydroxyl groups is 1. The van der Waals surface area contributed by atoms with Crippen molar-refractivity contribution in [3.63, 3.8) is 0 Å². The third kappa shape index (κ3) is 2.51. The molecule has 96 valence electrons. The number of halogens is 1. The Morgan fingerprint density at radius 3 is 2.68 bits per heavy atom. The number of ether oxygens (including phenoxy) is 1. The Labute approximate surface area is 120 Å². The molecule has 19 heavy (non-hydrogen) atoms. The molecule has 0 spiro atoms. The van der Waals surface area contributed by atoms with Crippen LogP contribution in [-0.2, 0) is 6.42 Å². The molecule has 1 aliphatic heterocycles. The highest BCUT2D eigenvalue weighted by Gasteiger charge is 2.19. The van der Waals surface area contributed by atoms with Crippen LogP contribution in [0, 0.1) is 0 Å². The van der Waals surface area contributed by atoms with Gasteiger partial charge in [-0.1, -0.05) is 46.3 Å². The Bertz CT molecular complexity index is 632. The number of hydrogen-bond donors (Lipinski definition) is 1. The van der Waals surface area contributed by atoms with Crippen LogP contribution in [0.4, 0.5) is 0 Å². The Morgan fingerprint density at radius 2 is 1.89 bits per heavy atom. The fraction of sp³-hybridized carbons (Fsp3) is 0.125. The summed E-state index contributed by atoms with van der Waals surface area (Å²) in [6.45, 7) is 0.435. The Kier molecular flexibility index (Phi) is 3.30. The summed E-state index contributed by atoms with van der Waals surface area (Å²) in [5.74, 6) is 1.07.